The molecule has 1 rings (SSSR count). The summed E-state index contributed by atoms with van der Waals surface area (Å²) in [4.78, 5) is 0. The van der Waals surface area contributed by atoms with Gasteiger partial charge in [-0.2, -0.15) is 12.6 Å². The summed E-state index contributed by atoms with van der Waals surface area (Å²) in [6.45, 7) is 2.21. The second-order valence-corrected chi connectivity index (χ2v) is 7.07. The molecule has 0 spiro atoms. The van der Waals surface area contributed by atoms with Crippen molar-refractivity contribution in [1.82, 2.24) is 10.2 Å². The van der Waals surface area contributed by atoms with Crippen LogP contribution in [-0.4, -0.2) is 27.5 Å². The Morgan fingerprint density at radius 3 is 2.27 bits per heavy atom. The minimum Gasteiger partial charge on any atom is -0.179 e. The maximum absolute atomic E-state index is 4.18. The maximum Gasteiger partial charge on any atom is 0.175 e. The lowest BCUT2D eigenvalue weighted by Gasteiger charge is -1.93. The van der Waals surface area contributed by atoms with Crippen LogP contribution in [0.5, 0.6) is 0 Å². The van der Waals surface area contributed by atoms with Gasteiger partial charge in [0, 0.05) is 11.5 Å². The molecule has 0 N–H and O–H groups in total. The summed E-state index contributed by atoms with van der Waals surface area (Å²) in [7, 11) is 0. The molecule has 0 bridgehead atoms. The highest BCUT2D eigenvalue weighted by Gasteiger charge is 2.04. The van der Waals surface area contributed by atoms with E-state index in [-0.39, 0.29) is 0 Å². The monoisotopic (exact) mass is 280 g/mol. The minimum absolute atomic E-state index is 0.948. The van der Waals surface area contributed by atoms with Gasteiger partial charge in [-0.15, -0.1) is 10.2 Å². The highest BCUT2D eigenvalue weighted by Crippen LogP contribution is 2.29. The van der Waals surface area contributed by atoms with Crippen LogP contribution in [0.25, 0.3) is 0 Å². The lowest BCUT2D eigenvalue weighted by atomic mass is 10.4. The van der Waals surface area contributed by atoms with Crippen molar-refractivity contribution in [2.24, 2.45) is 0 Å². The number of rotatable bonds is 8. The SMILES string of the molecule is CCCCSc1nnc(SCCCS)s1. The first-order chi connectivity index (χ1) is 7.36. The Bertz CT molecular complexity index is 240. The number of aromatic nitrogens is 2. The van der Waals surface area contributed by atoms with Crippen molar-refractivity contribution in [2.75, 3.05) is 17.3 Å². The number of thiol groups is 1. The van der Waals surface area contributed by atoms with E-state index in [9.17, 15) is 0 Å². The summed E-state index contributed by atoms with van der Waals surface area (Å²) in [5.74, 6) is 3.20. The number of unbranched alkanes of at least 4 members (excludes halogenated alkanes) is 1. The summed E-state index contributed by atoms with van der Waals surface area (Å²) >= 11 is 9.50. The summed E-state index contributed by atoms with van der Waals surface area (Å²) in [5.41, 5.74) is 0. The Hall–Kier alpha value is 0.610. The zero-order valence-corrected chi connectivity index (χ0v) is 12.2. The van der Waals surface area contributed by atoms with Gasteiger partial charge in [-0.25, -0.2) is 0 Å². The summed E-state index contributed by atoms with van der Waals surface area (Å²) in [5, 5.41) is 8.31. The van der Waals surface area contributed by atoms with Crippen LogP contribution in [-0.2, 0) is 0 Å². The van der Waals surface area contributed by atoms with E-state index in [0.29, 0.717) is 0 Å². The second kappa shape index (κ2) is 8.73. The number of hydrogen-bond donors (Lipinski definition) is 1. The van der Waals surface area contributed by atoms with Crippen LogP contribution in [0.2, 0.25) is 0 Å². The summed E-state index contributed by atoms with van der Waals surface area (Å²) < 4.78 is 2.20. The van der Waals surface area contributed by atoms with Crippen molar-refractivity contribution in [3.05, 3.63) is 0 Å². The molecule has 0 amide bonds. The number of hydrogen-bond acceptors (Lipinski definition) is 6. The van der Waals surface area contributed by atoms with Gasteiger partial charge in [0.15, 0.2) is 8.68 Å². The van der Waals surface area contributed by atoms with Crippen LogP contribution < -0.4 is 0 Å². The molecule has 0 atom stereocenters. The van der Waals surface area contributed by atoms with Gasteiger partial charge in [0.25, 0.3) is 0 Å². The normalized spacial score (nSPS) is 10.8. The molecule has 0 aromatic carbocycles. The fourth-order valence-corrected chi connectivity index (χ4v) is 4.40. The standard InChI is InChI=1S/C9H16N2S4/c1-2-3-6-13-8-10-11-9(15-8)14-7-4-5-12/h12H,2-7H2,1H3. The molecule has 0 saturated heterocycles. The van der Waals surface area contributed by atoms with Crippen LogP contribution in [0.3, 0.4) is 0 Å². The molecule has 0 radical (unpaired) electrons. The third-order valence-electron chi connectivity index (χ3n) is 1.64. The Labute approximate surface area is 109 Å². The zero-order chi connectivity index (χ0) is 10.9. The molecule has 0 aliphatic heterocycles. The molecule has 15 heavy (non-hydrogen) atoms. The zero-order valence-electron chi connectivity index (χ0n) is 8.81. The van der Waals surface area contributed by atoms with Crippen LogP contribution in [0.4, 0.5) is 0 Å². The predicted molar refractivity (Wildman–Crippen MR) is 74.7 cm³/mol. The average molecular weight is 281 g/mol. The molecule has 0 saturated carbocycles. The highest BCUT2D eigenvalue weighted by atomic mass is 32.2. The van der Waals surface area contributed by atoms with Gasteiger partial charge in [0.2, 0.25) is 0 Å². The first-order valence-electron chi connectivity index (χ1n) is 5.06. The van der Waals surface area contributed by atoms with E-state index in [1.165, 1.54) is 12.8 Å². The van der Waals surface area contributed by atoms with E-state index in [2.05, 4.69) is 29.7 Å². The summed E-state index contributed by atoms with van der Waals surface area (Å²) in [6, 6.07) is 0. The van der Waals surface area contributed by atoms with Crippen LogP contribution in [0, 0.1) is 0 Å². The average Bonchev–Trinajstić information content (AvgIpc) is 2.67. The molecule has 6 heteroatoms. The molecule has 0 aliphatic rings. The van der Waals surface area contributed by atoms with E-state index in [1.54, 1.807) is 23.1 Å². The van der Waals surface area contributed by atoms with Crippen molar-refractivity contribution in [3.63, 3.8) is 0 Å². The van der Waals surface area contributed by atoms with Gasteiger partial charge in [-0.3, -0.25) is 0 Å². The van der Waals surface area contributed by atoms with Gasteiger partial charge in [0.05, 0.1) is 0 Å². The minimum atomic E-state index is 0.948. The molecule has 0 fully saturated rings. The van der Waals surface area contributed by atoms with Crippen molar-refractivity contribution >= 4 is 47.5 Å². The van der Waals surface area contributed by atoms with Crippen molar-refractivity contribution in [3.8, 4) is 0 Å². The van der Waals surface area contributed by atoms with Gasteiger partial charge in [-0.05, 0) is 18.6 Å². The number of thioether (sulfide) groups is 2. The first-order valence-corrected chi connectivity index (χ1v) is 8.48. The molecule has 0 unspecified atom stereocenters. The Kier molecular flexibility index (Phi) is 7.96. The van der Waals surface area contributed by atoms with Gasteiger partial charge in [0.1, 0.15) is 0 Å². The molecule has 1 heterocycles. The Morgan fingerprint density at radius 1 is 1.13 bits per heavy atom. The molecular formula is C9H16N2S4. The second-order valence-electron chi connectivity index (χ2n) is 2.96. The van der Waals surface area contributed by atoms with Crippen molar-refractivity contribution in [2.45, 2.75) is 34.9 Å². The quantitative estimate of drug-likeness (QED) is 0.444. The van der Waals surface area contributed by atoms with Crippen molar-refractivity contribution < 1.29 is 0 Å². The van der Waals surface area contributed by atoms with E-state index >= 15 is 0 Å². The first kappa shape index (κ1) is 13.7. The van der Waals surface area contributed by atoms with Crippen LogP contribution in [0.15, 0.2) is 8.68 Å². The van der Waals surface area contributed by atoms with Crippen LogP contribution in [0.1, 0.15) is 26.2 Å². The molecule has 1 aromatic rings. The molecule has 1 aromatic heterocycles. The fourth-order valence-electron chi connectivity index (χ4n) is 0.842. The van der Waals surface area contributed by atoms with Crippen LogP contribution >= 0.6 is 47.5 Å². The summed E-state index contributed by atoms with van der Waals surface area (Å²) in [6.07, 6.45) is 3.63. The topological polar surface area (TPSA) is 25.8 Å². The van der Waals surface area contributed by atoms with Gasteiger partial charge in [-0.1, -0.05) is 48.2 Å². The predicted octanol–water partition coefficient (Wildman–Crippen LogP) is 3.84. The van der Waals surface area contributed by atoms with Crippen molar-refractivity contribution in [1.29, 1.82) is 0 Å². The molecule has 86 valence electrons. The molecular weight excluding hydrogens is 264 g/mol. The van der Waals surface area contributed by atoms with E-state index < -0.39 is 0 Å². The maximum atomic E-state index is 4.18. The number of nitrogens with zero attached hydrogens (tertiary/aromatic N) is 2. The van der Waals surface area contributed by atoms with E-state index in [0.717, 1.165) is 32.4 Å². The van der Waals surface area contributed by atoms with Gasteiger partial charge >= 0.3 is 0 Å². The lowest BCUT2D eigenvalue weighted by Crippen LogP contribution is -1.80. The largest absolute Gasteiger partial charge is 0.179 e. The Morgan fingerprint density at radius 2 is 1.73 bits per heavy atom. The highest BCUT2D eigenvalue weighted by molar-refractivity contribution is 8.03. The van der Waals surface area contributed by atoms with E-state index in [1.807, 2.05) is 11.8 Å². The lowest BCUT2D eigenvalue weighted by molar-refractivity contribution is 0.892. The molecule has 2 nitrogen and oxygen atoms in total. The third-order valence-corrected chi connectivity index (χ3v) is 5.32. The third kappa shape index (κ3) is 6.04. The molecule has 0 aliphatic carbocycles. The Balaban J connectivity index is 2.23. The fraction of sp³-hybridized carbons (Fsp3) is 0.778. The van der Waals surface area contributed by atoms with E-state index in [4.69, 9.17) is 0 Å². The van der Waals surface area contributed by atoms with Gasteiger partial charge < -0.3 is 0 Å². The smallest absolute Gasteiger partial charge is 0.175 e.